The van der Waals surface area contributed by atoms with Gasteiger partial charge in [0.25, 0.3) is 0 Å². The molecule has 1 aliphatic heterocycles. The Balaban J connectivity index is 1.81. The molecule has 1 N–H and O–H groups in total. The second kappa shape index (κ2) is 5.95. The van der Waals surface area contributed by atoms with Crippen molar-refractivity contribution in [3.8, 4) is 0 Å². The van der Waals surface area contributed by atoms with Crippen LogP contribution in [-0.4, -0.2) is 29.5 Å². The van der Waals surface area contributed by atoms with Crippen LogP contribution in [0.1, 0.15) is 29.0 Å². The first kappa shape index (κ1) is 14.2. The Labute approximate surface area is 124 Å². The predicted molar refractivity (Wildman–Crippen MR) is 78.4 cm³/mol. The topological polar surface area (TPSA) is 41.3 Å². The molecule has 2 heterocycles. The molecule has 1 unspecified atom stereocenters. The highest BCUT2D eigenvalue weighted by Gasteiger charge is 2.25. The van der Waals surface area contributed by atoms with Crippen LogP contribution in [0.3, 0.4) is 0 Å². The van der Waals surface area contributed by atoms with Gasteiger partial charge in [0.05, 0.1) is 12.2 Å². The third-order valence-electron chi connectivity index (χ3n) is 4.00. The summed E-state index contributed by atoms with van der Waals surface area (Å²) in [5.41, 5.74) is 1.92. The van der Waals surface area contributed by atoms with E-state index in [4.69, 9.17) is 4.42 Å². The zero-order valence-electron chi connectivity index (χ0n) is 12.4. The van der Waals surface area contributed by atoms with Gasteiger partial charge >= 0.3 is 0 Å². The number of rotatable bonds is 3. The van der Waals surface area contributed by atoms with Gasteiger partial charge in [0, 0.05) is 25.7 Å². The number of hydrogen-bond donors (Lipinski definition) is 1. The van der Waals surface area contributed by atoms with Gasteiger partial charge in [-0.05, 0) is 31.5 Å². The minimum atomic E-state index is -0.194. The van der Waals surface area contributed by atoms with E-state index < -0.39 is 0 Å². The lowest BCUT2D eigenvalue weighted by atomic mass is 10.0. The summed E-state index contributed by atoms with van der Waals surface area (Å²) in [6.45, 7) is 7.14. The van der Waals surface area contributed by atoms with Gasteiger partial charge in [-0.2, -0.15) is 0 Å². The molecule has 1 atom stereocenters. The third kappa shape index (κ3) is 3.14. The second-order valence-electron chi connectivity index (χ2n) is 5.49. The van der Waals surface area contributed by atoms with E-state index in [1.54, 1.807) is 12.1 Å². The Bertz CT molecular complexity index is 606. The maximum absolute atomic E-state index is 13.5. The molecule has 0 radical (unpaired) electrons. The van der Waals surface area contributed by atoms with E-state index >= 15 is 0 Å². The molecule has 0 spiro atoms. The van der Waals surface area contributed by atoms with Crippen LogP contribution in [0.25, 0.3) is 0 Å². The van der Waals surface area contributed by atoms with Crippen molar-refractivity contribution in [2.75, 3.05) is 19.6 Å². The number of halogens is 1. The maximum Gasteiger partial charge on any atom is 0.208 e. The Morgan fingerprint density at radius 1 is 1.43 bits per heavy atom. The molecule has 1 saturated heterocycles. The number of piperazine rings is 1. The van der Waals surface area contributed by atoms with E-state index in [1.807, 2.05) is 19.9 Å². The molecule has 0 amide bonds. The molecule has 0 bridgehead atoms. The fraction of sp³-hybridized carbons (Fsp3) is 0.438. The molecule has 5 heteroatoms. The highest BCUT2D eigenvalue weighted by Crippen LogP contribution is 2.25. The lowest BCUT2D eigenvalue weighted by molar-refractivity contribution is 0.139. The van der Waals surface area contributed by atoms with Gasteiger partial charge in [-0.15, -0.1) is 0 Å². The zero-order chi connectivity index (χ0) is 14.8. The van der Waals surface area contributed by atoms with Crippen molar-refractivity contribution in [2.45, 2.75) is 26.4 Å². The normalized spacial score (nSPS) is 19.9. The van der Waals surface area contributed by atoms with Crippen molar-refractivity contribution < 1.29 is 8.81 Å². The summed E-state index contributed by atoms with van der Waals surface area (Å²) < 4.78 is 19.1. The molecule has 0 saturated carbocycles. The molecule has 1 aromatic heterocycles. The molecular formula is C16H20FN3O. The van der Waals surface area contributed by atoms with Gasteiger partial charge < -0.3 is 9.73 Å². The number of hydrogen-bond acceptors (Lipinski definition) is 4. The van der Waals surface area contributed by atoms with Crippen LogP contribution in [0.15, 0.2) is 28.7 Å². The summed E-state index contributed by atoms with van der Waals surface area (Å²) in [4.78, 5) is 6.73. The molecule has 112 valence electrons. The van der Waals surface area contributed by atoms with Crippen LogP contribution in [0.5, 0.6) is 0 Å². The van der Waals surface area contributed by atoms with Gasteiger partial charge in [-0.1, -0.05) is 12.1 Å². The van der Waals surface area contributed by atoms with E-state index in [1.165, 1.54) is 6.07 Å². The average molecular weight is 289 g/mol. The quantitative estimate of drug-likeness (QED) is 0.943. The van der Waals surface area contributed by atoms with Gasteiger partial charge in [-0.25, -0.2) is 9.37 Å². The number of oxazole rings is 1. The molecular weight excluding hydrogens is 269 g/mol. The molecule has 1 aliphatic rings. The Hall–Kier alpha value is -1.72. The summed E-state index contributed by atoms with van der Waals surface area (Å²) in [5, 5.41) is 3.37. The molecule has 1 fully saturated rings. The van der Waals surface area contributed by atoms with Crippen molar-refractivity contribution in [1.82, 2.24) is 15.2 Å². The smallest absolute Gasteiger partial charge is 0.208 e. The number of nitrogens with one attached hydrogen (secondary N) is 1. The highest BCUT2D eigenvalue weighted by atomic mass is 19.1. The first-order valence-corrected chi connectivity index (χ1v) is 7.26. The molecule has 1 aromatic carbocycles. The summed E-state index contributed by atoms with van der Waals surface area (Å²) in [5.74, 6) is 1.40. The number of aromatic nitrogens is 1. The van der Waals surface area contributed by atoms with E-state index in [0.717, 1.165) is 42.5 Å². The van der Waals surface area contributed by atoms with Crippen LogP contribution in [0.2, 0.25) is 0 Å². The molecule has 21 heavy (non-hydrogen) atoms. The van der Waals surface area contributed by atoms with Crippen molar-refractivity contribution >= 4 is 0 Å². The van der Waals surface area contributed by atoms with E-state index in [-0.39, 0.29) is 11.9 Å². The third-order valence-corrected chi connectivity index (χ3v) is 4.00. The maximum atomic E-state index is 13.5. The van der Waals surface area contributed by atoms with Crippen LogP contribution < -0.4 is 5.32 Å². The number of benzene rings is 1. The first-order valence-electron chi connectivity index (χ1n) is 7.26. The van der Waals surface area contributed by atoms with Gasteiger partial charge in [0.1, 0.15) is 11.6 Å². The lowest BCUT2D eigenvalue weighted by Gasteiger charge is -2.35. The summed E-state index contributed by atoms with van der Waals surface area (Å²) >= 11 is 0. The minimum absolute atomic E-state index is 0.141. The van der Waals surface area contributed by atoms with Gasteiger partial charge in [-0.3, -0.25) is 4.90 Å². The highest BCUT2D eigenvalue weighted by molar-refractivity contribution is 5.21. The van der Waals surface area contributed by atoms with E-state index in [9.17, 15) is 4.39 Å². The monoisotopic (exact) mass is 289 g/mol. The SMILES string of the molecule is Cc1nc(CN2CCNCC2c2cccc(F)c2)oc1C. The Morgan fingerprint density at radius 2 is 2.29 bits per heavy atom. The van der Waals surface area contributed by atoms with Crippen molar-refractivity contribution in [1.29, 1.82) is 0 Å². The van der Waals surface area contributed by atoms with Crippen molar-refractivity contribution in [3.63, 3.8) is 0 Å². The molecule has 4 nitrogen and oxygen atoms in total. The molecule has 0 aliphatic carbocycles. The number of nitrogens with zero attached hydrogens (tertiary/aromatic N) is 2. The second-order valence-corrected chi connectivity index (χ2v) is 5.49. The summed E-state index contributed by atoms with van der Waals surface area (Å²) in [6, 6.07) is 6.96. The Morgan fingerprint density at radius 3 is 3.00 bits per heavy atom. The number of aryl methyl sites for hydroxylation is 2. The molecule has 2 aromatic rings. The van der Waals surface area contributed by atoms with Crippen molar-refractivity contribution in [2.24, 2.45) is 0 Å². The standard InChI is InChI=1S/C16H20FN3O/c1-11-12(2)21-16(19-11)10-20-7-6-18-9-15(20)13-4-3-5-14(17)8-13/h3-5,8,15,18H,6-7,9-10H2,1-2H3. The largest absolute Gasteiger partial charge is 0.444 e. The summed E-state index contributed by atoms with van der Waals surface area (Å²) in [6.07, 6.45) is 0. The van der Waals surface area contributed by atoms with E-state index in [0.29, 0.717) is 6.54 Å². The molecule has 3 rings (SSSR count). The van der Waals surface area contributed by atoms with E-state index in [2.05, 4.69) is 15.2 Å². The predicted octanol–water partition coefficient (Wildman–Crippen LogP) is 2.58. The Kier molecular flexibility index (Phi) is 4.03. The zero-order valence-corrected chi connectivity index (χ0v) is 12.4. The fourth-order valence-electron chi connectivity index (χ4n) is 2.76. The van der Waals surface area contributed by atoms with Gasteiger partial charge in [0.2, 0.25) is 5.89 Å². The minimum Gasteiger partial charge on any atom is -0.444 e. The van der Waals surface area contributed by atoms with Gasteiger partial charge in [0.15, 0.2) is 0 Å². The van der Waals surface area contributed by atoms with Crippen molar-refractivity contribution in [3.05, 3.63) is 53.0 Å². The lowest BCUT2D eigenvalue weighted by Crippen LogP contribution is -2.45. The fourth-order valence-corrected chi connectivity index (χ4v) is 2.76. The van der Waals surface area contributed by atoms with Crippen LogP contribution in [0, 0.1) is 19.7 Å². The average Bonchev–Trinajstić information content (AvgIpc) is 2.78. The van der Waals surface area contributed by atoms with Crippen LogP contribution in [0.4, 0.5) is 4.39 Å². The van der Waals surface area contributed by atoms with Crippen LogP contribution in [-0.2, 0) is 6.54 Å². The van der Waals surface area contributed by atoms with Crippen LogP contribution >= 0.6 is 0 Å². The summed E-state index contributed by atoms with van der Waals surface area (Å²) in [7, 11) is 0. The first-order chi connectivity index (χ1) is 10.1.